The summed E-state index contributed by atoms with van der Waals surface area (Å²) >= 11 is 7.01. The summed E-state index contributed by atoms with van der Waals surface area (Å²) in [6, 6.07) is 14.2. The van der Waals surface area contributed by atoms with Gasteiger partial charge in [0.15, 0.2) is 11.5 Å². The van der Waals surface area contributed by atoms with Crippen LogP contribution in [-0.2, 0) is 5.79 Å². The second kappa shape index (κ2) is 5.21. The van der Waals surface area contributed by atoms with Crippen LogP contribution in [0.25, 0.3) is 10.8 Å². The number of hydrogen-bond acceptors (Lipinski definition) is 2. The zero-order chi connectivity index (χ0) is 16.2. The maximum atomic E-state index is 13.5. The Kier molecular flexibility index (Phi) is 3.39. The zero-order valence-electron chi connectivity index (χ0n) is 12.1. The van der Waals surface area contributed by atoms with Gasteiger partial charge in [0.1, 0.15) is 5.82 Å². The van der Waals surface area contributed by atoms with Crippen molar-refractivity contribution in [3.8, 4) is 11.5 Å². The van der Waals surface area contributed by atoms with Gasteiger partial charge in [-0.15, -0.1) is 0 Å². The first-order chi connectivity index (χ1) is 10.9. The van der Waals surface area contributed by atoms with Gasteiger partial charge in [0, 0.05) is 21.4 Å². The SMILES string of the molecule is CC1(c2cccc(F)c2)Oc2cc3cc(Br)c(Br)cc3cc2O1. The maximum Gasteiger partial charge on any atom is 0.275 e. The van der Waals surface area contributed by atoms with Crippen LogP contribution in [0.3, 0.4) is 0 Å². The summed E-state index contributed by atoms with van der Waals surface area (Å²) in [6.07, 6.45) is 0. The van der Waals surface area contributed by atoms with Crippen LogP contribution in [0.1, 0.15) is 12.5 Å². The molecule has 116 valence electrons. The fraction of sp³-hybridized carbons (Fsp3) is 0.111. The van der Waals surface area contributed by atoms with E-state index in [-0.39, 0.29) is 5.82 Å². The highest BCUT2D eigenvalue weighted by Gasteiger charge is 2.39. The summed E-state index contributed by atoms with van der Waals surface area (Å²) < 4.78 is 27.4. The smallest absolute Gasteiger partial charge is 0.275 e. The highest BCUT2D eigenvalue weighted by atomic mass is 79.9. The van der Waals surface area contributed by atoms with Crippen LogP contribution in [0.4, 0.5) is 4.39 Å². The van der Waals surface area contributed by atoms with Crippen molar-refractivity contribution < 1.29 is 13.9 Å². The van der Waals surface area contributed by atoms with Crippen molar-refractivity contribution in [2.75, 3.05) is 0 Å². The monoisotopic (exact) mass is 436 g/mol. The Morgan fingerprint density at radius 2 is 1.43 bits per heavy atom. The molecule has 1 aliphatic rings. The minimum Gasteiger partial charge on any atom is -0.445 e. The molecule has 0 bridgehead atoms. The Bertz CT molecular complexity index is 889. The van der Waals surface area contributed by atoms with E-state index in [2.05, 4.69) is 31.9 Å². The highest BCUT2D eigenvalue weighted by molar-refractivity contribution is 9.13. The molecule has 5 heteroatoms. The van der Waals surface area contributed by atoms with E-state index in [4.69, 9.17) is 9.47 Å². The molecule has 23 heavy (non-hydrogen) atoms. The Morgan fingerprint density at radius 1 is 0.870 bits per heavy atom. The number of benzene rings is 3. The molecule has 1 heterocycles. The zero-order valence-corrected chi connectivity index (χ0v) is 15.2. The quantitative estimate of drug-likeness (QED) is 0.454. The lowest BCUT2D eigenvalue weighted by atomic mass is 10.1. The molecule has 4 rings (SSSR count). The molecule has 0 saturated carbocycles. The predicted octanol–water partition coefficient (Wildman–Crippen LogP) is 6.15. The standard InChI is InChI=1S/C18H11Br2FO2/c1-18(12-3-2-4-13(21)9-12)22-16-7-10-5-14(19)15(20)6-11(10)8-17(16)23-18/h2-9H,1H3. The van der Waals surface area contributed by atoms with Crippen molar-refractivity contribution in [2.45, 2.75) is 12.7 Å². The predicted molar refractivity (Wildman–Crippen MR) is 94.4 cm³/mol. The molecule has 0 amide bonds. The van der Waals surface area contributed by atoms with Crippen molar-refractivity contribution in [2.24, 2.45) is 0 Å². The van der Waals surface area contributed by atoms with Crippen LogP contribution in [0.2, 0.25) is 0 Å². The number of ether oxygens (including phenoxy) is 2. The average molecular weight is 438 g/mol. The molecule has 3 aromatic carbocycles. The van der Waals surface area contributed by atoms with Gasteiger partial charge in [0.05, 0.1) is 0 Å². The largest absolute Gasteiger partial charge is 0.445 e. The average Bonchev–Trinajstić information content (AvgIpc) is 2.83. The molecule has 0 N–H and O–H groups in total. The van der Waals surface area contributed by atoms with Crippen LogP contribution in [0, 0.1) is 5.82 Å². The molecule has 0 spiro atoms. The lowest BCUT2D eigenvalue weighted by molar-refractivity contribution is -0.0682. The van der Waals surface area contributed by atoms with E-state index >= 15 is 0 Å². The van der Waals surface area contributed by atoms with Gasteiger partial charge in [0.2, 0.25) is 0 Å². The van der Waals surface area contributed by atoms with Gasteiger partial charge in [0.25, 0.3) is 5.79 Å². The van der Waals surface area contributed by atoms with Gasteiger partial charge in [-0.1, -0.05) is 12.1 Å². The van der Waals surface area contributed by atoms with E-state index in [9.17, 15) is 4.39 Å². The van der Waals surface area contributed by atoms with E-state index in [1.165, 1.54) is 12.1 Å². The first-order valence-corrected chi connectivity index (χ1v) is 8.60. The molecule has 0 aromatic heterocycles. The molecule has 1 aliphatic heterocycles. The lowest BCUT2D eigenvalue weighted by Crippen LogP contribution is -2.31. The van der Waals surface area contributed by atoms with Crippen LogP contribution in [0.5, 0.6) is 11.5 Å². The Hall–Kier alpha value is -1.59. The van der Waals surface area contributed by atoms with Crippen molar-refractivity contribution in [1.82, 2.24) is 0 Å². The van der Waals surface area contributed by atoms with E-state index in [1.54, 1.807) is 19.1 Å². The van der Waals surface area contributed by atoms with Crippen molar-refractivity contribution >= 4 is 42.6 Å². The van der Waals surface area contributed by atoms with E-state index < -0.39 is 5.79 Å². The molecule has 0 aliphatic carbocycles. The minimum atomic E-state index is -1.03. The lowest BCUT2D eigenvalue weighted by Gasteiger charge is -2.23. The fourth-order valence-corrected chi connectivity index (χ4v) is 3.46. The van der Waals surface area contributed by atoms with Gasteiger partial charge in [-0.2, -0.15) is 0 Å². The van der Waals surface area contributed by atoms with Crippen molar-refractivity contribution in [3.05, 3.63) is 68.9 Å². The number of hydrogen-bond donors (Lipinski definition) is 0. The minimum absolute atomic E-state index is 0.315. The molecule has 0 unspecified atom stereocenters. The molecule has 0 radical (unpaired) electrons. The van der Waals surface area contributed by atoms with Gasteiger partial charge in [-0.05, 0) is 79.0 Å². The van der Waals surface area contributed by atoms with E-state index in [0.29, 0.717) is 17.1 Å². The number of fused-ring (bicyclic) bond motifs is 2. The molecule has 0 fully saturated rings. The molecule has 0 atom stereocenters. The van der Waals surface area contributed by atoms with Crippen molar-refractivity contribution in [3.63, 3.8) is 0 Å². The maximum absolute atomic E-state index is 13.5. The Labute approximate surface area is 149 Å². The molecule has 2 nitrogen and oxygen atoms in total. The second-order valence-electron chi connectivity index (χ2n) is 5.57. The summed E-state index contributed by atoms with van der Waals surface area (Å²) in [5.41, 5.74) is 0.639. The highest BCUT2D eigenvalue weighted by Crippen LogP contribution is 2.46. The Morgan fingerprint density at radius 3 is 1.96 bits per heavy atom. The van der Waals surface area contributed by atoms with Crippen LogP contribution >= 0.6 is 31.9 Å². The summed E-state index contributed by atoms with van der Waals surface area (Å²) in [4.78, 5) is 0. The molecular formula is C18H11Br2FO2. The van der Waals surface area contributed by atoms with Gasteiger partial charge in [-0.25, -0.2) is 4.39 Å². The van der Waals surface area contributed by atoms with Crippen LogP contribution in [-0.4, -0.2) is 0 Å². The second-order valence-corrected chi connectivity index (χ2v) is 7.28. The molecule has 3 aromatic rings. The fourth-order valence-electron chi connectivity index (χ4n) is 2.74. The third-order valence-electron chi connectivity index (χ3n) is 3.90. The third kappa shape index (κ3) is 2.52. The van der Waals surface area contributed by atoms with Crippen molar-refractivity contribution in [1.29, 1.82) is 0 Å². The number of halogens is 3. The summed E-state index contributed by atoms with van der Waals surface area (Å²) in [5, 5.41) is 2.07. The molecule has 0 saturated heterocycles. The van der Waals surface area contributed by atoms with Gasteiger partial charge in [-0.3, -0.25) is 0 Å². The summed E-state index contributed by atoms with van der Waals surface area (Å²) in [6.45, 7) is 1.79. The molecular weight excluding hydrogens is 427 g/mol. The van der Waals surface area contributed by atoms with E-state index in [0.717, 1.165) is 19.7 Å². The van der Waals surface area contributed by atoms with Gasteiger partial charge < -0.3 is 9.47 Å². The first kappa shape index (κ1) is 15.0. The third-order valence-corrected chi connectivity index (χ3v) is 5.74. The van der Waals surface area contributed by atoms with E-state index in [1.807, 2.05) is 24.3 Å². The number of rotatable bonds is 1. The normalized spacial score (nSPS) is 15.1. The summed E-state index contributed by atoms with van der Waals surface area (Å²) in [7, 11) is 0. The van der Waals surface area contributed by atoms with Crippen LogP contribution < -0.4 is 9.47 Å². The van der Waals surface area contributed by atoms with Crippen LogP contribution in [0.15, 0.2) is 57.5 Å². The van der Waals surface area contributed by atoms with Gasteiger partial charge >= 0.3 is 0 Å². The first-order valence-electron chi connectivity index (χ1n) is 7.01. The Balaban J connectivity index is 1.81. The topological polar surface area (TPSA) is 18.5 Å². The summed E-state index contributed by atoms with van der Waals surface area (Å²) in [5.74, 6) is -0.0436.